The maximum atomic E-state index is 12.0. The number of hydrogen-bond acceptors (Lipinski definition) is 3. The molecule has 1 saturated heterocycles. The largest absolute Gasteiger partial charge is 0.445 e. The van der Waals surface area contributed by atoms with E-state index in [2.05, 4.69) is 24.5 Å². The highest BCUT2D eigenvalue weighted by Crippen LogP contribution is 2.17. The molecule has 0 saturated carbocycles. The Balaban J connectivity index is 1.86. The van der Waals surface area contributed by atoms with Gasteiger partial charge in [0, 0.05) is 12.5 Å². The standard InChI is InChI=1S/C17H24N2O3/c1-12(2)10-15(14-8-9-16(20)18-14)19-17(21)22-11-13-6-4-3-5-7-13/h3-7,12,14-15H,8-11H2,1-2H3,(H,18,20)(H,19,21)/t14-,15+/m1/s1. The Morgan fingerprint density at radius 3 is 2.68 bits per heavy atom. The van der Waals surface area contributed by atoms with E-state index in [1.165, 1.54) is 0 Å². The molecule has 0 aromatic heterocycles. The maximum absolute atomic E-state index is 12.0. The van der Waals surface area contributed by atoms with Crippen LogP contribution in [0.1, 0.15) is 38.7 Å². The van der Waals surface area contributed by atoms with E-state index < -0.39 is 6.09 Å². The number of benzene rings is 1. The minimum absolute atomic E-state index is 0.000764. The zero-order valence-corrected chi connectivity index (χ0v) is 13.2. The first-order chi connectivity index (χ1) is 10.5. The summed E-state index contributed by atoms with van der Waals surface area (Å²) in [7, 11) is 0. The lowest BCUT2D eigenvalue weighted by atomic mass is 9.96. The van der Waals surface area contributed by atoms with Crippen LogP contribution in [-0.2, 0) is 16.1 Å². The quantitative estimate of drug-likeness (QED) is 0.849. The van der Waals surface area contributed by atoms with Gasteiger partial charge in [-0.15, -0.1) is 0 Å². The van der Waals surface area contributed by atoms with Gasteiger partial charge in [0.05, 0.1) is 6.04 Å². The van der Waals surface area contributed by atoms with Gasteiger partial charge in [0.25, 0.3) is 0 Å². The minimum atomic E-state index is -0.435. The molecule has 5 heteroatoms. The average molecular weight is 304 g/mol. The summed E-state index contributed by atoms with van der Waals surface area (Å²) in [5.74, 6) is 0.482. The fourth-order valence-corrected chi connectivity index (χ4v) is 2.69. The van der Waals surface area contributed by atoms with Crippen LogP contribution in [0.25, 0.3) is 0 Å². The lowest BCUT2D eigenvalue weighted by molar-refractivity contribution is -0.119. The molecule has 0 radical (unpaired) electrons. The second kappa shape index (κ2) is 7.82. The zero-order chi connectivity index (χ0) is 15.9. The zero-order valence-electron chi connectivity index (χ0n) is 13.2. The van der Waals surface area contributed by atoms with E-state index in [1.807, 2.05) is 30.3 Å². The number of carbonyl (C=O) groups is 2. The van der Waals surface area contributed by atoms with Gasteiger partial charge in [0.15, 0.2) is 0 Å². The van der Waals surface area contributed by atoms with Crippen molar-refractivity contribution in [3.8, 4) is 0 Å². The van der Waals surface area contributed by atoms with Gasteiger partial charge in [-0.2, -0.15) is 0 Å². The Labute approximate surface area is 131 Å². The highest BCUT2D eigenvalue weighted by Gasteiger charge is 2.30. The van der Waals surface area contributed by atoms with Crippen molar-refractivity contribution in [1.29, 1.82) is 0 Å². The third-order valence-corrected chi connectivity index (χ3v) is 3.76. The third kappa shape index (κ3) is 5.06. The molecule has 1 aromatic carbocycles. The van der Waals surface area contributed by atoms with Crippen LogP contribution in [0.3, 0.4) is 0 Å². The number of alkyl carbamates (subject to hydrolysis) is 1. The predicted octanol–water partition coefficient (Wildman–Crippen LogP) is 2.61. The Kier molecular flexibility index (Phi) is 5.81. The van der Waals surface area contributed by atoms with Crippen LogP contribution >= 0.6 is 0 Å². The summed E-state index contributed by atoms with van der Waals surface area (Å²) in [6.45, 7) is 4.44. The second-order valence-electron chi connectivity index (χ2n) is 6.15. The lowest BCUT2D eigenvalue weighted by Gasteiger charge is -2.26. The molecule has 2 atom stereocenters. The van der Waals surface area contributed by atoms with Gasteiger partial charge in [-0.05, 0) is 24.3 Å². The summed E-state index contributed by atoms with van der Waals surface area (Å²) in [4.78, 5) is 23.4. The van der Waals surface area contributed by atoms with Gasteiger partial charge in [-0.25, -0.2) is 4.79 Å². The molecule has 2 rings (SSSR count). The van der Waals surface area contributed by atoms with E-state index in [4.69, 9.17) is 4.74 Å². The molecule has 5 nitrogen and oxygen atoms in total. The summed E-state index contributed by atoms with van der Waals surface area (Å²) >= 11 is 0. The van der Waals surface area contributed by atoms with Crippen LogP contribution in [0.15, 0.2) is 30.3 Å². The number of nitrogens with one attached hydrogen (secondary N) is 2. The second-order valence-corrected chi connectivity index (χ2v) is 6.15. The Morgan fingerprint density at radius 1 is 1.36 bits per heavy atom. The summed E-state index contributed by atoms with van der Waals surface area (Å²) in [5, 5.41) is 5.83. The van der Waals surface area contributed by atoms with Gasteiger partial charge < -0.3 is 15.4 Å². The van der Waals surface area contributed by atoms with Crippen LogP contribution in [0.4, 0.5) is 4.79 Å². The Hall–Kier alpha value is -2.04. The van der Waals surface area contributed by atoms with Crippen molar-refractivity contribution in [1.82, 2.24) is 10.6 Å². The van der Waals surface area contributed by atoms with Crippen LogP contribution in [0.5, 0.6) is 0 Å². The average Bonchev–Trinajstić information content (AvgIpc) is 2.92. The molecule has 2 N–H and O–H groups in total. The number of rotatable bonds is 6. The van der Waals surface area contributed by atoms with Crippen LogP contribution in [-0.4, -0.2) is 24.1 Å². The van der Waals surface area contributed by atoms with Crippen LogP contribution in [0.2, 0.25) is 0 Å². The summed E-state index contributed by atoms with van der Waals surface area (Å²) in [6, 6.07) is 9.48. The van der Waals surface area contributed by atoms with Crippen LogP contribution < -0.4 is 10.6 Å². The highest BCUT2D eigenvalue weighted by molar-refractivity contribution is 5.78. The van der Waals surface area contributed by atoms with Crippen molar-refractivity contribution in [2.75, 3.05) is 0 Å². The SMILES string of the molecule is CC(C)C[C@H](NC(=O)OCc1ccccc1)[C@H]1CCC(=O)N1. The first kappa shape index (κ1) is 16.3. The summed E-state index contributed by atoms with van der Waals surface area (Å²) < 4.78 is 5.26. The van der Waals surface area contributed by atoms with E-state index in [1.54, 1.807) is 0 Å². The molecule has 2 amide bonds. The third-order valence-electron chi connectivity index (χ3n) is 3.76. The van der Waals surface area contributed by atoms with Crippen molar-refractivity contribution in [3.63, 3.8) is 0 Å². The topological polar surface area (TPSA) is 67.4 Å². The minimum Gasteiger partial charge on any atom is -0.445 e. The first-order valence-electron chi connectivity index (χ1n) is 7.81. The molecular formula is C17H24N2O3. The van der Waals surface area contributed by atoms with Crippen molar-refractivity contribution < 1.29 is 14.3 Å². The van der Waals surface area contributed by atoms with E-state index in [-0.39, 0.29) is 24.6 Å². The Morgan fingerprint density at radius 2 is 2.09 bits per heavy atom. The van der Waals surface area contributed by atoms with E-state index in [9.17, 15) is 9.59 Å². The Bertz CT molecular complexity index is 502. The number of amides is 2. The molecule has 1 aliphatic heterocycles. The first-order valence-corrected chi connectivity index (χ1v) is 7.81. The van der Waals surface area contributed by atoms with Crippen molar-refractivity contribution in [3.05, 3.63) is 35.9 Å². The normalized spacial score (nSPS) is 18.9. The maximum Gasteiger partial charge on any atom is 0.407 e. The lowest BCUT2D eigenvalue weighted by Crippen LogP contribution is -2.48. The van der Waals surface area contributed by atoms with E-state index >= 15 is 0 Å². The fourth-order valence-electron chi connectivity index (χ4n) is 2.69. The number of hydrogen-bond donors (Lipinski definition) is 2. The molecule has 0 aliphatic carbocycles. The number of carbonyl (C=O) groups excluding carboxylic acids is 2. The van der Waals surface area contributed by atoms with Crippen molar-refractivity contribution in [2.45, 2.75) is 51.8 Å². The van der Waals surface area contributed by atoms with Gasteiger partial charge in [0.2, 0.25) is 5.91 Å². The monoisotopic (exact) mass is 304 g/mol. The van der Waals surface area contributed by atoms with E-state index in [0.717, 1.165) is 18.4 Å². The number of ether oxygens (including phenoxy) is 1. The molecule has 1 aliphatic rings. The smallest absolute Gasteiger partial charge is 0.407 e. The van der Waals surface area contributed by atoms with Crippen molar-refractivity contribution in [2.24, 2.45) is 5.92 Å². The molecule has 1 fully saturated rings. The molecule has 0 unspecified atom stereocenters. The summed E-state index contributed by atoms with van der Waals surface area (Å²) in [6.07, 6.45) is 1.66. The van der Waals surface area contributed by atoms with Gasteiger partial charge in [0.1, 0.15) is 6.61 Å². The fraction of sp³-hybridized carbons (Fsp3) is 0.529. The molecule has 1 heterocycles. The molecule has 22 heavy (non-hydrogen) atoms. The predicted molar refractivity (Wildman–Crippen MR) is 84.2 cm³/mol. The molecule has 120 valence electrons. The van der Waals surface area contributed by atoms with Gasteiger partial charge in [-0.3, -0.25) is 4.79 Å². The van der Waals surface area contributed by atoms with Gasteiger partial charge >= 0.3 is 6.09 Å². The molecular weight excluding hydrogens is 280 g/mol. The van der Waals surface area contributed by atoms with E-state index in [0.29, 0.717) is 12.3 Å². The summed E-state index contributed by atoms with van der Waals surface area (Å²) in [5.41, 5.74) is 0.951. The van der Waals surface area contributed by atoms with Gasteiger partial charge in [-0.1, -0.05) is 44.2 Å². The molecule has 0 spiro atoms. The van der Waals surface area contributed by atoms with Crippen molar-refractivity contribution >= 4 is 12.0 Å². The molecule has 0 bridgehead atoms. The van der Waals surface area contributed by atoms with Crippen LogP contribution in [0, 0.1) is 5.92 Å². The molecule has 1 aromatic rings. The highest BCUT2D eigenvalue weighted by atomic mass is 16.5.